The largest absolute Gasteiger partial charge is 0.302 e. The first-order chi connectivity index (χ1) is 8.72. The van der Waals surface area contributed by atoms with Gasteiger partial charge in [-0.05, 0) is 30.9 Å². The van der Waals surface area contributed by atoms with Crippen LogP contribution in [0.5, 0.6) is 0 Å². The van der Waals surface area contributed by atoms with Crippen LogP contribution in [0, 0.1) is 0 Å². The van der Waals surface area contributed by atoms with Gasteiger partial charge in [0.05, 0.1) is 10.2 Å². The van der Waals surface area contributed by atoms with E-state index in [1.54, 1.807) is 11.8 Å². The van der Waals surface area contributed by atoms with Crippen LogP contribution < -0.4 is 5.32 Å². The Kier molecular flexibility index (Phi) is 4.60. The lowest BCUT2D eigenvalue weighted by Gasteiger charge is -1.98. The second-order valence-electron chi connectivity index (χ2n) is 4.00. The van der Waals surface area contributed by atoms with E-state index < -0.39 is 0 Å². The van der Waals surface area contributed by atoms with Crippen LogP contribution in [-0.4, -0.2) is 17.1 Å². The minimum Gasteiger partial charge on any atom is -0.302 e. The van der Waals surface area contributed by atoms with E-state index in [2.05, 4.69) is 35.6 Å². The maximum absolute atomic E-state index is 11.6. The molecule has 0 saturated heterocycles. The molecule has 1 amide bonds. The molecule has 1 N–H and O–H groups in total. The van der Waals surface area contributed by atoms with Crippen molar-refractivity contribution in [1.82, 2.24) is 4.98 Å². The average Bonchev–Trinajstić information content (AvgIpc) is 2.77. The molecule has 0 aliphatic rings. The normalized spacial score (nSPS) is 10.8. The van der Waals surface area contributed by atoms with Gasteiger partial charge in [-0.2, -0.15) is 0 Å². The number of thioether (sulfide) groups is 1. The quantitative estimate of drug-likeness (QED) is 0.837. The van der Waals surface area contributed by atoms with Crippen molar-refractivity contribution in [2.45, 2.75) is 31.1 Å². The summed E-state index contributed by atoms with van der Waals surface area (Å²) in [6.07, 6.45) is 4.58. The van der Waals surface area contributed by atoms with E-state index in [9.17, 15) is 4.79 Å². The van der Waals surface area contributed by atoms with Crippen molar-refractivity contribution in [3.8, 4) is 0 Å². The van der Waals surface area contributed by atoms with Crippen molar-refractivity contribution in [2.24, 2.45) is 0 Å². The third-order valence-corrected chi connectivity index (χ3v) is 4.26. The first-order valence-corrected chi connectivity index (χ1v) is 8.01. The van der Waals surface area contributed by atoms with Gasteiger partial charge in [0.2, 0.25) is 5.91 Å². The summed E-state index contributed by atoms with van der Waals surface area (Å²) >= 11 is 3.24. The Morgan fingerprint density at radius 3 is 3.06 bits per heavy atom. The molecule has 0 spiro atoms. The summed E-state index contributed by atoms with van der Waals surface area (Å²) < 4.78 is 1.12. The van der Waals surface area contributed by atoms with Crippen molar-refractivity contribution in [3.05, 3.63) is 18.2 Å². The van der Waals surface area contributed by atoms with Gasteiger partial charge in [-0.15, -0.1) is 11.8 Å². The van der Waals surface area contributed by atoms with Gasteiger partial charge in [-0.3, -0.25) is 4.79 Å². The Morgan fingerprint density at radius 2 is 2.33 bits per heavy atom. The number of benzene rings is 1. The molecule has 18 heavy (non-hydrogen) atoms. The number of nitrogens with one attached hydrogen (secondary N) is 1. The standard InChI is InChI=1S/C13H16N2OS2/c1-3-4-5-12(16)15-13-14-10-7-6-9(17-2)8-11(10)18-13/h6-8H,3-5H2,1-2H3,(H,14,15,16). The molecule has 5 heteroatoms. The molecular weight excluding hydrogens is 264 g/mol. The monoisotopic (exact) mass is 280 g/mol. The number of carbonyl (C=O) groups excluding carboxylic acids is 1. The first kappa shape index (κ1) is 13.4. The Bertz CT molecular complexity index is 551. The number of carbonyl (C=O) groups is 1. The number of anilines is 1. The third-order valence-electron chi connectivity index (χ3n) is 2.60. The highest BCUT2D eigenvalue weighted by Crippen LogP contribution is 2.29. The van der Waals surface area contributed by atoms with E-state index in [1.807, 2.05) is 6.07 Å². The summed E-state index contributed by atoms with van der Waals surface area (Å²) in [4.78, 5) is 17.3. The number of fused-ring (bicyclic) bond motifs is 1. The Hall–Kier alpha value is -1.07. The third kappa shape index (κ3) is 3.23. The van der Waals surface area contributed by atoms with Crippen molar-refractivity contribution in [3.63, 3.8) is 0 Å². The fourth-order valence-corrected chi connectivity index (χ4v) is 3.04. The minimum atomic E-state index is 0.0565. The highest BCUT2D eigenvalue weighted by molar-refractivity contribution is 7.98. The number of aromatic nitrogens is 1. The molecule has 0 aliphatic heterocycles. The van der Waals surface area contributed by atoms with Crippen LogP contribution >= 0.6 is 23.1 Å². The van der Waals surface area contributed by atoms with Crippen LogP contribution in [0.25, 0.3) is 10.2 Å². The van der Waals surface area contributed by atoms with Gasteiger partial charge in [0, 0.05) is 11.3 Å². The lowest BCUT2D eigenvalue weighted by molar-refractivity contribution is -0.116. The molecule has 0 radical (unpaired) electrons. The van der Waals surface area contributed by atoms with Gasteiger partial charge >= 0.3 is 0 Å². The molecule has 1 aromatic carbocycles. The predicted molar refractivity (Wildman–Crippen MR) is 79.6 cm³/mol. The Morgan fingerprint density at radius 1 is 1.50 bits per heavy atom. The van der Waals surface area contributed by atoms with E-state index in [1.165, 1.54) is 16.2 Å². The number of rotatable bonds is 5. The lowest BCUT2D eigenvalue weighted by Crippen LogP contribution is -2.10. The maximum atomic E-state index is 11.6. The zero-order valence-corrected chi connectivity index (χ0v) is 12.2. The fraction of sp³-hybridized carbons (Fsp3) is 0.385. The van der Waals surface area contributed by atoms with Crippen LogP contribution in [-0.2, 0) is 4.79 Å². The number of hydrogen-bond acceptors (Lipinski definition) is 4. The summed E-state index contributed by atoms with van der Waals surface area (Å²) in [7, 11) is 0. The topological polar surface area (TPSA) is 42.0 Å². The van der Waals surface area contributed by atoms with Gasteiger partial charge in [0.25, 0.3) is 0 Å². The second-order valence-corrected chi connectivity index (χ2v) is 5.91. The van der Waals surface area contributed by atoms with Gasteiger partial charge in [0.1, 0.15) is 0 Å². The molecule has 0 unspecified atom stereocenters. The molecule has 0 saturated carbocycles. The van der Waals surface area contributed by atoms with Gasteiger partial charge in [0.15, 0.2) is 5.13 Å². The molecular formula is C13H16N2OS2. The molecule has 2 aromatic rings. The van der Waals surface area contributed by atoms with E-state index in [0.29, 0.717) is 11.6 Å². The number of unbranched alkanes of at least 4 members (excludes halogenated alkanes) is 1. The van der Waals surface area contributed by atoms with Crippen LogP contribution in [0.15, 0.2) is 23.1 Å². The maximum Gasteiger partial charge on any atom is 0.226 e. The van der Waals surface area contributed by atoms with Crippen molar-refractivity contribution in [2.75, 3.05) is 11.6 Å². The zero-order valence-electron chi connectivity index (χ0n) is 10.5. The zero-order chi connectivity index (χ0) is 13.0. The highest BCUT2D eigenvalue weighted by Gasteiger charge is 2.07. The molecule has 0 bridgehead atoms. The van der Waals surface area contributed by atoms with Crippen molar-refractivity contribution >= 4 is 44.4 Å². The molecule has 0 atom stereocenters. The average molecular weight is 280 g/mol. The molecule has 0 fully saturated rings. The first-order valence-electron chi connectivity index (χ1n) is 5.97. The molecule has 1 heterocycles. The Balaban J connectivity index is 2.12. The van der Waals surface area contributed by atoms with Crippen molar-refractivity contribution < 1.29 is 4.79 Å². The SMILES string of the molecule is CCCCC(=O)Nc1nc2ccc(SC)cc2s1. The van der Waals surface area contributed by atoms with E-state index in [-0.39, 0.29) is 5.91 Å². The van der Waals surface area contributed by atoms with Crippen LogP contribution in [0.2, 0.25) is 0 Å². The molecule has 1 aromatic heterocycles. The second kappa shape index (κ2) is 6.20. The van der Waals surface area contributed by atoms with E-state index in [0.717, 1.165) is 23.1 Å². The van der Waals surface area contributed by atoms with E-state index >= 15 is 0 Å². The fourth-order valence-electron chi connectivity index (χ4n) is 1.60. The number of thiazole rings is 1. The highest BCUT2D eigenvalue weighted by atomic mass is 32.2. The van der Waals surface area contributed by atoms with Gasteiger partial charge in [-0.25, -0.2) is 4.98 Å². The molecule has 96 valence electrons. The predicted octanol–water partition coefficient (Wildman–Crippen LogP) is 4.15. The molecule has 2 rings (SSSR count). The summed E-state index contributed by atoms with van der Waals surface area (Å²) in [5, 5.41) is 3.56. The lowest BCUT2D eigenvalue weighted by atomic mass is 10.2. The number of hydrogen-bond donors (Lipinski definition) is 1. The number of nitrogens with zero attached hydrogens (tertiary/aromatic N) is 1. The number of amides is 1. The minimum absolute atomic E-state index is 0.0565. The van der Waals surface area contributed by atoms with Gasteiger partial charge < -0.3 is 5.32 Å². The molecule has 3 nitrogen and oxygen atoms in total. The Labute approximate surface area is 115 Å². The van der Waals surface area contributed by atoms with Crippen LogP contribution in [0.3, 0.4) is 0 Å². The summed E-state index contributed by atoms with van der Waals surface area (Å²) in [6.45, 7) is 2.08. The van der Waals surface area contributed by atoms with Crippen LogP contribution in [0.4, 0.5) is 5.13 Å². The smallest absolute Gasteiger partial charge is 0.226 e. The van der Waals surface area contributed by atoms with Gasteiger partial charge in [-0.1, -0.05) is 24.7 Å². The molecule has 0 aliphatic carbocycles. The van der Waals surface area contributed by atoms with Crippen molar-refractivity contribution in [1.29, 1.82) is 0 Å². The van der Waals surface area contributed by atoms with E-state index in [4.69, 9.17) is 0 Å². The summed E-state index contributed by atoms with van der Waals surface area (Å²) in [6, 6.07) is 6.16. The summed E-state index contributed by atoms with van der Waals surface area (Å²) in [5.74, 6) is 0.0565. The summed E-state index contributed by atoms with van der Waals surface area (Å²) in [5.41, 5.74) is 0.948. The van der Waals surface area contributed by atoms with Crippen LogP contribution in [0.1, 0.15) is 26.2 Å².